The molecule has 0 radical (unpaired) electrons. The number of allylic oxidation sites excluding steroid dienone is 3. The van der Waals surface area contributed by atoms with Crippen LogP contribution in [0.2, 0.25) is 0 Å². The minimum absolute atomic E-state index is 0.0427. The summed E-state index contributed by atoms with van der Waals surface area (Å²) in [4.78, 5) is 1.33. The summed E-state index contributed by atoms with van der Waals surface area (Å²) in [6.07, 6.45) is 10.2. The Morgan fingerprint density at radius 3 is 2.34 bits per heavy atom. The fourth-order valence-corrected chi connectivity index (χ4v) is 4.24. The third-order valence-corrected chi connectivity index (χ3v) is 6.60. The average Bonchev–Trinajstić information content (AvgIpc) is 3.23. The Kier molecular flexibility index (Phi) is 9.31. The van der Waals surface area contributed by atoms with E-state index in [-0.39, 0.29) is 13.2 Å². The van der Waals surface area contributed by atoms with Crippen molar-refractivity contribution >= 4 is 16.9 Å². The number of aliphatic hydroxyl groups excluding tert-OH is 2. The van der Waals surface area contributed by atoms with Crippen LogP contribution in [-0.2, 0) is 26.1 Å². The van der Waals surface area contributed by atoms with E-state index < -0.39 is 5.60 Å². The van der Waals surface area contributed by atoms with Gasteiger partial charge in [-0.25, -0.2) is 0 Å². The zero-order chi connectivity index (χ0) is 21.3. The first-order valence-corrected chi connectivity index (χ1v) is 11.4. The van der Waals surface area contributed by atoms with Crippen molar-refractivity contribution in [3.63, 3.8) is 0 Å². The molecule has 0 aliphatic carbocycles. The molecule has 0 bridgehead atoms. The molecule has 1 heterocycles. The molecule has 0 spiro atoms. The number of aryl methyl sites for hydroxylation is 2. The Morgan fingerprint density at radius 2 is 1.72 bits per heavy atom. The SMILES string of the molecule is CC/C(=C\C=C\C(O)(CC)CC)c1csc(CCc2ccc(CO)c(CO)c2)c1. The summed E-state index contributed by atoms with van der Waals surface area (Å²) in [6, 6.07) is 8.18. The summed E-state index contributed by atoms with van der Waals surface area (Å²) in [6.45, 7) is 6.08. The van der Waals surface area contributed by atoms with E-state index in [0.29, 0.717) is 0 Å². The third kappa shape index (κ3) is 6.65. The minimum Gasteiger partial charge on any atom is -0.392 e. The first-order chi connectivity index (χ1) is 14.0. The van der Waals surface area contributed by atoms with Crippen LogP contribution in [0.3, 0.4) is 0 Å². The molecule has 0 aliphatic rings. The lowest BCUT2D eigenvalue weighted by molar-refractivity contribution is 0.0828. The summed E-state index contributed by atoms with van der Waals surface area (Å²) < 4.78 is 0. The summed E-state index contributed by atoms with van der Waals surface area (Å²) in [7, 11) is 0. The van der Waals surface area contributed by atoms with Crippen molar-refractivity contribution in [2.24, 2.45) is 0 Å². The largest absolute Gasteiger partial charge is 0.392 e. The van der Waals surface area contributed by atoms with Gasteiger partial charge in [0.05, 0.1) is 18.8 Å². The van der Waals surface area contributed by atoms with Crippen LogP contribution in [0.15, 0.2) is 47.9 Å². The molecule has 2 aromatic rings. The smallest absolute Gasteiger partial charge is 0.0825 e. The van der Waals surface area contributed by atoms with Gasteiger partial charge in [0.1, 0.15) is 0 Å². The quantitative estimate of drug-likeness (QED) is 0.430. The van der Waals surface area contributed by atoms with E-state index in [1.807, 2.05) is 44.2 Å². The van der Waals surface area contributed by atoms with Gasteiger partial charge in [0.2, 0.25) is 0 Å². The van der Waals surface area contributed by atoms with Crippen LogP contribution in [-0.4, -0.2) is 20.9 Å². The molecule has 0 fully saturated rings. The highest BCUT2D eigenvalue weighted by molar-refractivity contribution is 7.10. The van der Waals surface area contributed by atoms with E-state index >= 15 is 0 Å². The third-order valence-electron chi connectivity index (χ3n) is 5.61. The molecule has 4 heteroatoms. The van der Waals surface area contributed by atoms with Crippen LogP contribution in [0.5, 0.6) is 0 Å². The maximum Gasteiger partial charge on any atom is 0.0825 e. The number of hydrogen-bond acceptors (Lipinski definition) is 4. The highest BCUT2D eigenvalue weighted by Gasteiger charge is 2.16. The number of benzene rings is 1. The molecule has 0 saturated carbocycles. The summed E-state index contributed by atoms with van der Waals surface area (Å²) >= 11 is 1.77. The predicted molar refractivity (Wildman–Crippen MR) is 123 cm³/mol. The van der Waals surface area contributed by atoms with Gasteiger partial charge in [-0.05, 0) is 71.4 Å². The summed E-state index contributed by atoms with van der Waals surface area (Å²) in [5.41, 5.74) is 4.58. The Labute approximate surface area is 179 Å². The second kappa shape index (κ2) is 11.5. The molecule has 1 aromatic heterocycles. The number of hydrogen-bond donors (Lipinski definition) is 3. The van der Waals surface area contributed by atoms with Gasteiger partial charge in [0.15, 0.2) is 0 Å². The van der Waals surface area contributed by atoms with Gasteiger partial charge in [-0.3, -0.25) is 0 Å². The molecule has 3 nitrogen and oxygen atoms in total. The molecule has 29 heavy (non-hydrogen) atoms. The van der Waals surface area contributed by atoms with Gasteiger partial charge in [-0.1, -0.05) is 57.2 Å². The highest BCUT2D eigenvalue weighted by Crippen LogP contribution is 2.26. The molecule has 0 atom stereocenters. The van der Waals surface area contributed by atoms with E-state index in [2.05, 4.69) is 24.4 Å². The van der Waals surface area contributed by atoms with Gasteiger partial charge in [0, 0.05) is 4.88 Å². The first kappa shape index (κ1) is 23.6. The number of thiophene rings is 1. The molecule has 0 saturated heterocycles. The molecule has 158 valence electrons. The minimum atomic E-state index is -0.714. The van der Waals surface area contributed by atoms with Crippen molar-refractivity contribution in [3.05, 3.63) is 75.0 Å². The fourth-order valence-electron chi connectivity index (χ4n) is 3.33. The Morgan fingerprint density at radius 1 is 1.00 bits per heavy atom. The lowest BCUT2D eigenvalue weighted by atomic mass is 9.96. The first-order valence-electron chi connectivity index (χ1n) is 10.5. The van der Waals surface area contributed by atoms with Crippen molar-refractivity contribution in [2.45, 2.75) is 71.7 Å². The molecule has 0 unspecified atom stereocenters. The van der Waals surface area contributed by atoms with Crippen LogP contribution < -0.4 is 0 Å². The number of rotatable bonds is 11. The summed E-state index contributed by atoms with van der Waals surface area (Å²) in [5, 5.41) is 31.4. The zero-order valence-electron chi connectivity index (χ0n) is 17.8. The second-order valence-corrected chi connectivity index (χ2v) is 8.43. The molecule has 1 aromatic carbocycles. The maximum atomic E-state index is 10.4. The van der Waals surface area contributed by atoms with E-state index in [9.17, 15) is 15.3 Å². The lowest BCUT2D eigenvalue weighted by Crippen LogP contribution is -2.22. The van der Waals surface area contributed by atoms with E-state index in [1.54, 1.807) is 11.3 Å². The van der Waals surface area contributed by atoms with Crippen molar-refractivity contribution < 1.29 is 15.3 Å². The Bertz CT molecular complexity index is 828. The zero-order valence-corrected chi connectivity index (χ0v) is 18.6. The maximum absolute atomic E-state index is 10.4. The second-order valence-electron chi connectivity index (χ2n) is 7.44. The van der Waals surface area contributed by atoms with Crippen LogP contribution in [0.4, 0.5) is 0 Å². The number of aliphatic hydroxyl groups is 3. The van der Waals surface area contributed by atoms with Crippen molar-refractivity contribution in [1.29, 1.82) is 0 Å². The normalized spacial score (nSPS) is 12.8. The lowest BCUT2D eigenvalue weighted by Gasteiger charge is -2.19. The average molecular weight is 415 g/mol. The highest BCUT2D eigenvalue weighted by atomic mass is 32.1. The molecular weight excluding hydrogens is 380 g/mol. The van der Waals surface area contributed by atoms with Gasteiger partial charge in [-0.15, -0.1) is 11.3 Å². The van der Waals surface area contributed by atoms with Crippen molar-refractivity contribution in [3.8, 4) is 0 Å². The molecule has 3 N–H and O–H groups in total. The van der Waals surface area contributed by atoms with E-state index in [0.717, 1.165) is 43.2 Å². The van der Waals surface area contributed by atoms with Crippen LogP contribution >= 0.6 is 11.3 Å². The fraction of sp³-hybridized carbons (Fsp3) is 0.440. The Hall–Kier alpha value is -1.72. The molecule has 2 rings (SSSR count). The van der Waals surface area contributed by atoms with Gasteiger partial charge in [0.25, 0.3) is 0 Å². The van der Waals surface area contributed by atoms with Gasteiger partial charge in [-0.2, -0.15) is 0 Å². The predicted octanol–water partition coefficient (Wildman–Crippen LogP) is 5.42. The monoisotopic (exact) mass is 414 g/mol. The molecule has 0 aliphatic heterocycles. The van der Waals surface area contributed by atoms with Crippen LogP contribution in [0, 0.1) is 0 Å². The van der Waals surface area contributed by atoms with E-state index in [1.165, 1.54) is 21.6 Å². The van der Waals surface area contributed by atoms with Crippen LogP contribution in [0.25, 0.3) is 5.57 Å². The van der Waals surface area contributed by atoms with E-state index in [4.69, 9.17) is 0 Å². The van der Waals surface area contributed by atoms with Gasteiger partial charge >= 0.3 is 0 Å². The standard InChI is InChI=1S/C25H34O3S/c1-4-20(8-7-13-25(28,5-2)6-3)23-15-24(29-18-23)12-10-19-9-11-21(16-26)22(14-19)17-27/h7-9,11,13-15,18,26-28H,4-6,10,12,16-17H2,1-3H3/b13-7+,20-8+. The topological polar surface area (TPSA) is 60.7 Å². The summed E-state index contributed by atoms with van der Waals surface area (Å²) in [5.74, 6) is 0. The van der Waals surface area contributed by atoms with Crippen LogP contribution in [0.1, 0.15) is 67.2 Å². The van der Waals surface area contributed by atoms with Crippen molar-refractivity contribution in [1.82, 2.24) is 0 Å². The Balaban J connectivity index is 2.05. The van der Waals surface area contributed by atoms with Gasteiger partial charge < -0.3 is 15.3 Å². The molecule has 0 amide bonds. The van der Waals surface area contributed by atoms with Crippen molar-refractivity contribution in [2.75, 3.05) is 0 Å². The molecular formula is C25H34O3S.